The molecule has 14 heavy (non-hydrogen) atoms. The Hall–Kier alpha value is -0.590. The van der Waals surface area contributed by atoms with Gasteiger partial charge >= 0.3 is 0 Å². The van der Waals surface area contributed by atoms with Crippen molar-refractivity contribution in [3.8, 4) is 0 Å². The van der Waals surface area contributed by atoms with E-state index in [0.29, 0.717) is 11.3 Å². The zero-order valence-corrected chi connectivity index (χ0v) is 9.68. The van der Waals surface area contributed by atoms with E-state index in [9.17, 15) is 4.79 Å². The molecule has 80 valence electrons. The third-order valence-corrected chi connectivity index (χ3v) is 3.18. The molecule has 1 nitrogen and oxygen atoms in total. The summed E-state index contributed by atoms with van der Waals surface area (Å²) in [5.41, 5.74) is 1.99. The van der Waals surface area contributed by atoms with Crippen LogP contribution in [0.1, 0.15) is 52.9 Å². The van der Waals surface area contributed by atoms with Crippen molar-refractivity contribution in [1.82, 2.24) is 0 Å². The summed E-state index contributed by atoms with van der Waals surface area (Å²) in [6.45, 7) is 6.51. The molecule has 0 radical (unpaired) electrons. The highest BCUT2D eigenvalue weighted by Gasteiger charge is 2.41. The molecule has 0 N–H and O–H groups in total. The SMILES string of the molecule is CC(C)=CCC1(CC(C)CC=O)CC1. The Morgan fingerprint density at radius 2 is 2.07 bits per heavy atom. The molecule has 0 aromatic carbocycles. The summed E-state index contributed by atoms with van der Waals surface area (Å²) in [6, 6.07) is 0. The zero-order chi connectivity index (χ0) is 10.6. The highest BCUT2D eigenvalue weighted by atomic mass is 16.1. The summed E-state index contributed by atoms with van der Waals surface area (Å²) in [5, 5.41) is 0. The van der Waals surface area contributed by atoms with Crippen LogP contribution in [0.3, 0.4) is 0 Å². The molecule has 0 spiro atoms. The van der Waals surface area contributed by atoms with Gasteiger partial charge in [0.1, 0.15) is 6.29 Å². The summed E-state index contributed by atoms with van der Waals surface area (Å²) in [4.78, 5) is 10.4. The van der Waals surface area contributed by atoms with E-state index < -0.39 is 0 Å². The van der Waals surface area contributed by atoms with Crippen LogP contribution in [-0.2, 0) is 4.79 Å². The molecule has 1 unspecified atom stereocenters. The van der Waals surface area contributed by atoms with E-state index in [1.807, 2.05) is 0 Å². The summed E-state index contributed by atoms with van der Waals surface area (Å²) in [6.07, 6.45) is 9.31. The second-order valence-corrected chi connectivity index (χ2v) is 5.20. The normalized spacial score (nSPS) is 19.9. The van der Waals surface area contributed by atoms with Crippen molar-refractivity contribution in [3.05, 3.63) is 11.6 Å². The van der Waals surface area contributed by atoms with Gasteiger partial charge in [0.15, 0.2) is 0 Å². The van der Waals surface area contributed by atoms with Gasteiger partial charge in [-0.3, -0.25) is 0 Å². The average Bonchev–Trinajstić information content (AvgIpc) is 2.83. The molecule has 0 bridgehead atoms. The monoisotopic (exact) mass is 194 g/mol. The second kappa shape index (κ2) is 4.77. The van der Waals surface area contributed by atoms with Crippen molar-refractivity contribution >= 4 is 6.29 Å². The van der Waals surface area contributed by atoms with Gasteiger partial charge in [0.2, 0.25) is 0 Å². The first-order valence-corrected chi connectivity index (χ1v) is 5.65. The molecule has 1 heteroatoms. The van der Waals surface area contributed by atoms with Gasteiger partial charge in [-0.15, -0.1) is 0 Å². The van der Waals surface area contributed by atoms with Crippen molar-refractivity contribution in [2.45, 2.75) is 52.9 Å². The van der Waals surface area contributed by atoms with Gasteiger partial charge in [0, 0.05) is 6.42 Å². The minimum atomic E-state index is 0.569. The van der Waals surface area contributed by atoms with E-state index in [1.54, 1.807) is 0 Å². The van der Waals surface area contributed by atoms with Crippen LogP contribution in [0.2, 0.25) is 0 Å². The van der Waals surface area contributed by atoms with E-state index in [1.165, 1.54) is 31.3 Å². The molecule has 1 fully saturated rings. The minimum absolute atomic E-state index is 0.569. The molecular formula is C13H22O. The predicted octanol–water partition coefficient (Wildman–Crippen LogP) is 3.74. The first-order chi connectivity index (χ1) is 6.58. The average molecular weight is 194 g/mol. The Kier molecular flexibility index (Phi) is 3.91. The lowest BCUT2D eigenvalue weighted by Gasteiger charge is -2.17. The zero-order valence-electron chi connectivity index (χ0n) is 9.68. The van der Waals surface area contributed by atoms with E-state index >= 15 is 0 Å². The Bertz CT molecular complexity index is 219. The molecule has 0 heterocycles. The molecule has 1 rings (SSSR count). The lowest BCUT2D eigenvalue weighted by molar-refractivity contribution is -0.108. The van der Waals surface area contributed by atoms with Crippen molar-refractivity contribution < 1.29 is 4.79 Å². The van der Waals surface area contributed by atoms with E-state index in [-0.39, 0.29) is 0 Å². The highest BCUT2D eigenvalue weighted by Crippen LogP contribution is 2.54. The first kappa shape index (κ1) is 11.5. The number of hydrogen-bond donors (Lipinski definition) is 0. The van der Waals surface area contributed by atoms with Crippen LogP contribution in [0.25, 0.3) is 0 Å². The minimum Gasteiger partial charge on any atom is -0.303 e. The van der Waals surface area contributed by atoms with Crippen molar-refractivity contribution in [1.29, 1.82) is 0 Å². The van der Waals surface area contributed by atoms with Gasteiger partial charge in [0.25, 0.3) is 0 Å². The lowest BCUT2D eigenvalue weighted by atomic mass is 9.88. The molecule has 1 atom stereocenters. The van der Waals surface area contributed by atoms with Gasteiger partial charge < -0.3 is 4.79 Å². The number of carbonyl (C=O) groups excluding carboxylic acids is 1. The lowest BCUT2D eigenvalue weighted by Crippen LogP contribution is -2.07. The quantitative estimate of drug-likeness (QED) is 0.465. The van der Waals surface area contributed by atoms with Crippen LogP contribution in [0.15, 0.2) is 11.6 Å². The van der Waals surface area contributed by atoms with Gasteiger partial charge in [-0.05, 0) is 50.9 Å². The van der Waals surface area contributed by atoms with E-state index in [0.717, 1.165) is 12.7 Å². The van der Waals surface area contributed by atoms with Crippen LogP contribution in [0.5, 0.6) is 0 Å². The highest BCUT2D eigenvalue weighted by molar-refractivity contribution is 5.49. The predicted molar refractivity (Wildman–Crippen MR) is 60.2 cm³/mol. The Morgan fingerprint density at radius 1 is 1.43 bits per heavy atom. The molecular weight excluding hydrogens is 172 g/mol. The largest absolute Gasteiger partial charge is 0.303 e. The van der Waals surface area contributed by atoms with Crippen LogP contribution in [0, 0.1) is 11.3 Å². The molecule has 1 saturated carbocycles. The Morgan fingerprint density at radius 3 is 2.50 bits per heavy atom. The topological polar surface area (TPSA) is 17.1 Å². The van der Waals surface area contributed by atoms with Gasteiger partial charge in [-0.2, -0.15) is 0 Å². The fraction of sp³-hybridized carbons (Fsp3) is 0.769. The Labute approximate surface area is 87.6 Å². The van der Waals surface area contributed by atoms with E-state index in [2.05, 4.69) is 26.8 Å². The summed E-state index contributed by atoms with van der Waals surface area (Å²) >= 11 is 0. The second-order valence-electron chi connectivity index (χ2n) is 5.20. The first-order valence-electron chi connectivity index (χ1n) is 5.65. The van der Waals surface area contributed by atoms with Crippen LogP contribution >= 0.6 is 0 Å². The fourth-order valence-corrected chi connectivity index (χ4v) is 2.08. The maximum Gasteiger partial charge on any atom is 0.120 e. The van der Waals surface area contributed by atoms with Crippen LogP contribution < -0.4 is 0 Å². The summed E-state index contributed by atoms with van der Waals surface area (Å²) < 4.78 is 0. The number of rotatable bonds is 6. The number of allylic oxidation sites excluding steroid dienone is 2. The Balaban J connectivity index is 2.35. The van der Waals surface area contributed by atoms with Crippen molar-refractivity contribution in [3.63, 3.8) is 0 Å². The van der Waals surface area contributed by atoms with Gasteiger partial charge in [0.05, 0.1) is 0 Å². The van der Waals surface area contributed by atoms with Crippen molar-refractivity contribution in [2.75, 3.05) is 0 Å². The number of hydrogen-bond acceptors (Lipinski definition) is 1. The maximum absolute atomic E-state index is 10.4. The summed E-state index contributed by atoms with van der Waals surface area (Å²) in [5.74, 6) is 0.570. The van der Waals surface area contributed by atoms with E-state index in [4.69, 9.17) is 0 Å². The summed E-state index contributed by atoms with van der Waals surface area (Å²) in [7, 11) is 0. The smallest absolute Gasteiger partial charge is 0.120 e. The third kappa shape index (κ3) is 3.65. The van der Waals surface area contributed by atoms with Crippen LogP contribution in [-0.4, -0.2) is 6.29 Å². The standard InChI is InChI=1S/C13H22O/c1-11(2)4-6-13(7-8-13)10-12(3)5-9-14/h4,9,12H,5-8,10H2,1-3H3. The molecule has 0 aromatic heterocycles. The number of carbonyl (C=O) groups is 1. The molecule has 0 saturated heterocycles. The molecule has 0 aliphatic heterocycles. The molecule has 1 aliphatic rings. The molecule has 0 amide bonds. The van der Waals surface area contributed by atoms with Gasteiger partial charge in [-0.25, -0.2) is 0 Å². The molecule has 1 aliphatic carbocycles. The third-order valence-electron chi connectivity index (χ3n) is 3.18. The number of aldehydes is 1. The van der Waals surface area contributed by atoms with Gasteiger partial charge in [-0.1, -0.05) is 18.6 Å². The maximum atomic E-state index is 10.4. The fourth-order valence-electron chi connectivity index (χ4n) is 2.08. The van der Waals surface area contributed by atoms with Crippen molar-refractivity contribution in [2.24, 2.45) is 11.3 Å². The molecule has 0 aromatic rings. The van der Waals surface area contributed by atoms with Crippen LogP contribution in [0.4, 0.5) is 0 Å².